The van der Waals surface area contributed by atoms with Crippen LogP contribution in [0.2, 0.25) is 0 Å². The molecule has 1 amide bonds. The molecule has 1 atom stereocenters. The lowest BCUT2D eigenvalue weighted by Gasteiger charge is -2.15. The second-order valence-corrected chi connectivity index (χ2v) is 5.38. The molecule has 0 bridgehead atoms. The van der Waals surface area contributed by atoms with Crippen molar-refractivity contribution in [3.8, 4) is 5.69 Å². The van der Waals surface area contributed by atoms with Gasteiger partial charge < -0.3 is 14.6 Å². The minimum Gasteiger partial charge on any atom is -0.368 e. The molecule has 2 aromatic rings. The number of hydrogen-bond acceptors (Lipinski definition) is 3. The first-order valence-corrected chi connectivity index (χ1v) is 7.07. The Kier molecular flexibility index (Phi) is 5.11. The normalized spacial score (nSPS) is 12.4. The van der Waals surface area contributed by atoms with Crippen LogP contribution in [0.1, 0.15) is 20.8 Å². The van der Waals surface area contributed by atoms with Crippen LogP contribution < -0.4 is 5.32 Å². The van der Waals surface area contributed by atoms with Crippen LogP contribution in [0.4, 0.5) is 5.69 Å². The molecule has 112 valence electrons. The van der Waals surface area contributed by atoms with Gasteiger partial charge in [0.2, 0.25) is 0 Å². The smallest absolute Gasteiger partial charge is 0.253 e. The average Bonchev–Trinajstić information content (AvgIpc) is 2.99. The lowest BCUT2D eigenvalue weighted by molar-refractivity contribution is -0.126. The molecule has 2 rings (SSSR count). The van der Waals surface area contributed by atoms with Gasteiger partial charge in [0.15, 0.2) is 0 Å². The Labute approximate surface area is 125 Å². The zero-order chi connectivity index (χ0) is 15.2. The average molecular weight is 287 g/mol. The highest BCUT2D eigenvalue weighted by molar-refractivity contribution is 5.93. The highest BCUT2D eigenvalue weighted by Crippen LogP contribution is 2.13. The van der Waals surface area contributed by atoms with E-state index in [1.165, 1.54) is 0 Å². The molecule has 1 aromatic heterocycles. The van der Waals surface area contributed by atoms with Gasteiger partial charge in [0.1, 0.15) is 6.10 Å². The maximum atomic E-state index is 12.0. The lowest BCUT2D eigenvalue weighted by atomic mass is 10.2. The SMILES string of the molecule is CC(C)CO[C@@H](C)C(=O)Nc1ccc(-n2ccnc2)cc1. The van der Waals surface area contributed by atoms with Gasteiger partial charge in [0.05, 0.1) is 6.33 Å². The molecule has 1 aromatic carbocycles. The van der Waals surface area contributed by atoms with Gasteiger partial charge >= 0.3 is 0 Å². The first kappa shape index (κ1) is 15.3. The van der Waals surface area contributed by atoms with Crippen molar-refractivity contribution in [2.45, 2.75) is 26.9 Å². The maximum absolute atomic E-state index is 12.0. The highest BCUT2D eigenvalue weighted by atomic mass is 16.5. The quantitative estimate of drug-likeness (QED) is 0.888. The monoisotopic (exact) mass is 287 g/mol. The number of hydrogen-bond donors (Lipinski definition) is 1. The molecule has 5 heteroatoms. The molecule has 0 radical (unpaired) electrons. The second-order valence-electron chi connectivity index (χ2n) is 5.38. The van der Waals surface area contributed by atoms with E-state index in [2.05, 4.69) is 24.1 Å². The van der Waals surface area contributed by atoms with Crippen LogP contribution >= 0.6 is 0 Å². The van der Waals surface area contributed by atoms with E-state index in [1.807, 2.05) is 35.0 Å². The largest absolute Gasteiger partial charge is 0.368 e. The minimum absolute atomic E-state index is 0.133. The fraction of sp³-hybridized carbons (Fsp3) is 0.375. The van der Waals surface area contributed by atoms with Crippen LogP contribution in [0.3, 0.4) is 0 Å². The standard InChI is InChI=1S/C16H21N3O2/c1-12(2)10-21-13(3)16(20)18-14-4-6-15(7-5-14)19-9-8-17-11-19/h4-9,11-13H,10H2,1-3H3,(H,18,20)/t13-/m0/s1. The molecule has 0 aliphatic heterocycles. The summed E-state index contributed by atoms with van der Waals surface area (Å²) in [5, 5.41) is 2.85. The predicted octanol–water partition coefficient (Wildman–Crippen LogP) is 2.87. The van der Waals surface area contributed by atoms with Gasteiger partial charge in [-0.25, -0.2) is 4.98 Å². The molecule has 0 aliphatic rings. The Morgan fingerprint density at radius 3 is 2.57 bits per heavy atom. The summed E-state index contributed by atoms with van der Waals surface area (Å²) in [6.45, 7) is 6.45. The highest BCUT2D eigenvalue weighted by Gasteiger charge is 2.14. The van der Waals surface area contributed by atoms with Gasteiger partial charge in [0, 0.05) is 30.4 Å². The van der Waals surface area contributed by atoms with Gasteiger partial charge in [-0.05, 0) is 37.1 Å². The number of carbonyl (C=O) groups is 1. The first-order valence-electron chi connectivity index (χ1n) is 7.07. The van der Waals surface area contributed by atoms with Crippen molar-refractivity contribution < 1.29 is 9.53 Å². The molecule has 5 nitrogen and oxygen atoms in total. The fourth-order valence-corrected chi connectivity index (χ4v) is 1.79. The van der Waals surface area contributed by atoms with Crippen molar-refractivity contribution in [2.24, 2.45) is 5.92 Å². The van der Waals surface area contributed by atoms with Crippen molar-refractivity contribution in [2.75, 3.05) is 11.9 Å². The van der Waals surface area contributed by atoms with E-state index in [9.17, 15) is 4.79 Å². The molecular weight excluding hydrogens is 266 g/mol. The zero-order valence-electron chi connectivity index (χ0n) is 12.6. The molecule has 0 saturated carbocycles. The number of nitrogens with one attached hydrogen (secondary N) is 1. The summed E-state index contributed by atoms with van der Waals surface area (Å²) < 4.78 is 7.40. The zero-order valence-corrected chi connectivity index (χ0v) is 12.6. The number of benzene rings is 1. The summed E-state index contributed by atoms with van der Waals surface area (Å²) in [5.74, 6) is 0.278. The van der Waals surface area contributed by atoms with E-state index in [-0.39, 0.29) is 5.91 Å². The van der Waals surface area contributed by atoms with Crippen molar-refractivity contribution in [1.29, 1.82) is 0 Å². The molecule has 0 unspecified atom stereocenters. The molecule has 0 spiro atoms. The van der Waals surface area contributed by atoms with Crippen LogP contribution in [-0.2, 0) is 9.53 Å². The number of amides is 1. The third kappa shape index (κ3) is 4.43. The van der Waals surface area contributed by atoms with Crippen LogP contribution in [-0.4, -0.2) is 28.2 Å². The number of aromatic nitrogens is 2. The van der Waals surface area contributed by atoms with Crippen LogP contribution in [0.25, 0.3) is 5.69 Å². The Balaban J connectivity index is 1.92. The number of imidazole rings is 1. The van der Waals surface area contributed by atoms with E-state index in [1.54, 1.807) is 19.4 Å². The summed E-state index contributed by atoms with van der Waals surface area (Å²) in [7, 11) is 0. The van der Waals surface area contributed by atoms with E-state index < -0.39 is 6.10 Å². The van der Waals surface area contributed by atoms with E-state index in [0.29, 0.717) is 12.5 Å². The molecule has 0 aliphatic carbocycles. The molecule has 1 heterocycles. The Morgan fingerprint density at radius 1 is 1.29 bits per heavy atom. The molecular formula is C16H21N3O2. The van der Waals surface area contributed by atoms with E-state index >= 15 is 0 Å². The van der Waals surface area contributed by atoms with E-state index in [0.717, 1.165) is 11.4 Å². The maximum Gasteiger partial charge on any atom is 0.253 e. The topological polar surface area (TPSA) is 56.1 Å². The van der Waals surface area contributed by atoms with Crippen molar-refractivity contribution in [3.05, 3.63) is 43.0 Å². The van der Waals surface area contributed by atoms with Gasteiger partial charge in [-0.15, -0.1) is 0 Å². The van der Waals surface area contributed by atoms with Gasteiger partial charge in [0.25, 0.3) is 5.91 Å². The van der Waals surface area contributed by atoms with Crippen LogP contribution in [0, 0.1) is 5.92 Å². The number of nitrogens with zero attached hydrogens (tertiary/aromatic N) is 2. The molecule has 0 saturated heterocycles. The summed E-state index contributed by atoms with van der Waals surface area (Å²) in [6, 6.07) is 7.58. The molecule has 0 fully saturated rings. The van der Waals surface area contributed by atoms with Crippen molar-refractivity contribution in [1.82, 2.24) is 9.55 Å². The van der Waals surface area contributed by atoms with Gasteiger partial charge in [-0.1, -0.05) is 13.8 Å². The summed E-state index contributed by atoms with van der Waals surface area (Å²) in [4.78, 5) is 16.0. The third-order valence-corrected chi connectivity index (χ3v) is 2.99. The number of rotatable bonds is 6. The minimum atomic E-state index is -0.458. The number of anilines is 1. The summed E-state index contributed by atoms with van der Waals surface area (Å²) in [5.41, 5.74) is 1.75. The van der Waals surface area contributed by atoms with Crippen LogP contribution in [0.15, 0.2) is 43.0 Å². The Morgan fingerprint density at radius 2 is 2.00 bits per heavy atom. The number of carbonyl (C=O) groups excluding carboxylic acids is 1. The first-order chi connectivity index (χ1) is 10.1. The Hall–Kier alpha value is -2.14. The lowest BCUT2D eigenvalue weighted by Crippen LogP contribution is -2.28. The second kappa shape index (κ2) is 7.04. The van der Waals surface area contributed by atoms with Crippen LogP contribution in [0.5, 0.6) is 0 Å². The fourth-order valence-electron chi connectivity index (χ4n) is 1.79. The van der Waals surface area contributed by atoms with Gasteiger partial charge in [-0.3, -0.25) is 4.79 Å². The summed E-state index contributed by atoms with van der Waals surface area (Å²) in [6.07, 6.45) is 4.87. The number of ether oxygens (including phenoxy) is 1. The van der Waals surface area contributed by atoms with Gasteiger partial charge in [-0.2, -0.15) is 0 Å². The molecule has 21 heavy (non-hydrogen) atoms. The van der Waals surface area contributed by atoms with Crippen molar-refractivity contribution in [3.63, 3.8) is 0 Å². The van der Waals surface area contributed by atoms with E-state index in [4.69, 9.17) is 4.74 Å². The third-order valence-electron chi connectivity index (χ3n) is 2.99. The Bertz CT molecular complexity index is 562. The molecule has 1 N–H and O–H groups in total. The van der Waals surface area contributed by atoms with Crippen molar-refractivity contribution >= 4 is 11.6 Å². The summed E-state index contributed by atoms with van der Waals surface area (Å²) >= 11 is 0. The predicted molar refractivity (Wildman–Crippen MR) is 82.4 cm³/mol.